The van der Waals surface area contributed by atoms with Gasteiger partial charge in [-0.25, -0.2) is 4.79 Å². The van der Waals surface area contributed by atoms with Crippen LogP contribution in [-0.4, -0.2) is 54.9 Å². The number of ether oxygens (including phenoxy) is 1. The molecule has 1 unspecified atom stereocenters. The molecule has 2 fully saturated rings. The molecule has 9 nitrogen and oxygen atoms in total. The van der Waals surface area contributed by atoms with Crippen LogP contribution in [0, 0.1) is 0 Å². The fraction of sp³-hybridized carbons (Fsp3) is 0.360. The Morgan fingerprint density at radius 1 is 1.00 bits per heavy atom. The van der Waals surface area contributed by atoms with Crippen LogP contribution in [0.25, 0.3) is 0 Å². The van der Waals surface area contributed by atoms with Crippen molar-refractivity contribution >= 4 is 35.1 Å². The maximum absolute atomic E-state index is 13.3. The maximum Gasteiger partial charge on any atom is 0.329 e. The number of hydrogen-bond acceptors (Lipinski definition) is 5. The van der Waals surface area contributed by atoms with Gasteiger partial charge in [-0.15, -0.1) is 0 Å². The van der Waals surface area contributed by atoms with Gasteiger partial charge in [0.25, 0.3) is 5.91 Å². The molecule has 3 aliphatic rings. The fourth-order valence-electron chi connectivity index (χ4n) is 4.83. The highest BCUT2D eigenvalue weighted by atomic mass is 16.5. The number of fused-ring (bicyclic) bond motifs is 1. The Balaban J connectivity index is 1.34. The molecule has 0 saturated carbocycles. The van der Waals surface area contributed by atoms with Crippen LogP contribution >= 0.6 is 0 Å². The van der Waals surface area contributed by atoms with Crippen molar-refractivity contribution in [3.63, 3.8) is 0 Å². The molecule has 2 saturated heterocycles. The molecule has 0 bridgehead atoms. The first-order valence-electron chi connectivity index (χ1n) is 11.4. The molecule has 34 heavy (non-hydrogen) atoms. The summed E-state index contributed by atoms with van der Waals surface area (Å²) < 4.78 is 5.40. The molecule has 0 spiro atoms. The van der Waals surface area contributed by atoms with E-state index in [1.165, 1.54) is 4.90 Å². The number of rotatable bonds is 5. The molecule has 0 radical (unpaired) electrons. The van der Waals surface area contributed by atoms with Gasteiger partial charge >= 0.3 is 6.03 Å². The number of piperidine rings is 1. The first-order chi connectivity index (χ1) is 16.4. The molecule has 5 rings (SSSR count). The van der Waals surface area contributed by atoms with Gasteiger partial charge in [0.15, 0.2) is 0 Å². The van der Waals surface area contributed by atoms with Crippen molar-refractivity contribution in [3.8, 4) is 0 Å². The monoisotopic (exact) mass is 462 g/mol. The average Bonchev–Trinajstić information content (AvgIpc) is 3.38. The molecule has 0 aromatic heterocycles. The number of nitrogens with one attached hydrogen (secondary N) is 1. The summed E-state index contributed by atoms with van der Waals surface area (Å²) in [5, 5.41) is 2.31. The molecule has 0 aliphatic carbocycles. The SMILES string of the molecule is CO[C@@H](C)c1cccc(N2CCN(c3ccc4c(c3)CN(C3CCC(=O)NC3=O)C4=O)C2=O)c1. The summed E-state index contributed by atoms with van der Waals surface area (Å²) in [5.41, 5.74) is 3.82. The minimum atomic E-state index is -0.660. The summed E-state index contributed by atoms with van der Waals surface area (Å²) >= 11 is 0. The molecule has 2 aromatic rings. The third-order valence-corrected chi connectivity index (χ3v) is 6.83. The van der Waals surface area contributed by atoms with Crippen LogP contribution in [0.1, 0.15) is 47.4 Å². The zero-order valence-corrected chi connectivity index (χ0v) is 19.1. The highest BCUT2D eigenvalue weighted by Gasteiger charge is 2.40. The van der Waals surface area contributed by atoms with E-state index in [4.69, 9.17) is 4.74 Å². The van der Waals surface area contributed by atoms with E-state index in [0.29, 0.717) is 30.8 Å². The Kier molecular flexibility index (Phi) is 5.57. The normalized spacial score (nSPS) is 21.2. The van der Waals surface area contributed by atoms with E-state index in [1.54, 1.807) is 29.0 Å². The maximum atomic E-state index is 13.3. The van der Waals surface area contributed by atoms with Gasteiger partial charge in [-0.05, 0) is 54.8 Å². The Morgan fingerprint density at radius 3 is 2.44 bits per heavy atom. The number of anilines is 2. The zero-order chi connectivity index (χ0) is 24.0. The number of benzene rings is 2. The molecule has 3 heterocycles. The second-order valence-electron chi connectivity index (χ2n) is 8.80. The molecular formula is C25H26N4O5. The predicted octanol–water partition coefficient (Wildman–Crippen LogP) is 2.60. The quantitative estimate of drug-likeness (QED) is 0.689. The number of urea groups is 1. The number of nitrogens with zero attached hydrogens (tertiary/aromatic N) is 3. The number of carbonyl (C=O) groups excluding carboxylic acids is 4. The minimum absolute atomic E-state index is 0.0738. The third kappa shape index (κ3) is 3.71. The van der Waals surface area contributed by atoms with Crippen LogP contribution in [0.4, 0.5) is 16.2 Å². The Labute approximate surface area is 197 Å². The first kappa shape index (κ1) is 22.1. The van der Waals surface area contributed by atoms with Gasteiger partial charge < -0.3 is 9.64 Å². The first-order valence-corrected chi connectivity index (χ1v) is 11.4. The Morgan fingerprint density at radius 2 is 1.74 bits per heavy atom. The highest BCUT2D eigenvalue weighted by molar-refractivity contribution is 6.08. The summed E-state index contributed by atoms with van der Waals surface area (Å²) in [5.74, 6) is -0.977. The molecule has 176 valence electrons. The Bertz CT molecular complexity index is 1200. The van der Waals surface area contributed by atoms with E-state index >= 15 is 0 Å². The van der Waals surface area contributed by atoms with Gasteiger partial charge in [0, 0.05) is 50.1 Å². The summed E-state index contributed by atoms with van der Waals surface area (Å²) in [4.78, 5) is 54.9. The van der Waals surface area contributed by atoms with Crippen LogP contribution < -0.4 is 15.1 Å². The van der Waals surface area contributed by atoms with Crippen LogP contribution in [-0.2, 0) is 20.9 Å². The second-order valence-corrected chi connectivity index (χ2v) is 8.80. The van der Waals surface area contributed by atoms with Crippen LogP contribution in [0.3, 0.4) is 0 Å². The smallest absolute Gasteiger partial charge is 0.329 e. The summed E-state index contributed by atoms with van der Waals surface area (Å²) in [6, 6.07) is 12.3. The van der Waals surface area contributed by atoms with Crippen molar-refractivity contribution in [1.29, 1.82) is 0 Å². The van der Waals surface area contributed by atoms with E-state index in [2.05, 4.69) is 5.32 Å². The van der Waals surface area contributed by atoms with Gasteiger partial charge in [0.2, 0.25) is 11.8 Å². The third-order valence-electron chi connectivity index (χ3n) is 6.83. The van der Waals surface area contributed by atoms with Gasteiger partial charge in [-0.2, -0.15) is 0 Å². The lowest BCUT2D eigenvalue weighted by Gasteiger charge is -2.29. The summed E-state index contributed by atoms with van der Waals surface area (Å²) in [7, 11) is 1.65. The lowest BCUT2D eigenvalue weighted by Crippen LogP contribution is -2.52. The van der Waals surface area contributed by atoms with Crippen LogP contribution in [0.2, 0.25) is 0 Å². The van der Waals surface area contributed by atoms with E-state index in [-0.39, 0.29) is 36.9 Å². The number of carbonyl (C=O) groups is 4. The Hall–Kier alpha value is -3.72. The molecule has 9 heteroatoms. The zero-order valence-electron chi connectivity index (χ0n) is 19.1. The topological polar surface area (TPSA) is 99.3 Å². The van der Waals surface area contributed by atoms with Crippen LogP contribution in [0.5, 0.6) is 0 Å². The van der Waals surface area contributed by atoms with E-state index in [0.717, 1.165) is 16.8 Å². The van der Waals surface area contributed by atoms with E-state index in [9.17, 15) is 19.2 Å². The van der Waals surface area contributed by atoms with Crippen LogP contribution in [0.15, 0.2) is 42.5 Å². The summed E-state index contributed by atoms with van der Waals surface area (Å²) in [6.07, 6.45) is 0.456. The molecule has 5 amide bonds. The van der Waals surface area contributed by atoms with Crippen molar-refractivity contribution in [2.75, 3.05) is 30.0 Å². The average molecular weight is 463 g/mol. The van der Waals surface area contributed by atoms with Gasteiger partial charge in [0.05, 0.1) is 6.10 Å². The number of imide groups is 1. The molecule has 3 aliphatic heterocycles. The van der Waals surface area contributed by atoms with Gasteiger partial charge in [-0.1, -0.05) is 12.1 Å². The highest BCUT2D eigenvalue weighted by Crippen LogP contribution is 2.33. The second kappa shape index (κ2) is 8.57. The molecule has 2 atom stereocenters. The number of methoxy groups -OCH3 is 1. The largest absolute Gasteiger partial charge is 0.377 e. The van der Waals surface area contributed by atoms with Gasteiger partial charge in [0.1, 0.15) is 6.04 Å². The lowest BCUT2D eigenvalue weighted by molar-refractivity contribution is -0.136. The number of amides is 5. The minimum Gasteiger partial charge on any atom is -0.377 e. The lowest BCUT2D eigenvalue weighted by atomic mass is 10.0. The standard InChI is InChI=1S/C25H26N4O5/c1-15(34-2)16-4-3-5-18(12-16)27-10-11-28(25(27)33)19-6-7-20-17(13-19)14-29(24(20)32)21-8-9-22(30)26-23(21)31/h3-7,12-13,15,21H,8-11,14H2,1-2H3,(H,26,30,31)/t15-,21?/m0/s1. The van der Waals surface area contributed by atoms with Crippen molar-refractivity contribution in [2.45, 2.75) is 38.5 Å². The molecular weight excluding hydrogens is 436 g/mol. The van der Waals surface area contributed by atoms with E-state index < -0.39 is 11.9 Å². The van der Waals surface area contributed by atoms with Gasteiger partial charge in [-0.3, -0.25) is 29.5 Å². The van der Waals surface area contributed by atoms with E-state index in [1.807, 2.05) is 37.3 Å². The predicted molar refractivity (Wildman–Crippen MR) is 124 cm³/mol. The van der Waals surface area contributed by atoms with Crippen molar-refractivity contribution < 1.29 is 23.9 Å². The summed E-state index contributed by atoms with van der Waals surface area (Å²) in [6.45, 7) is 3.30. The van der Waals surface area contributed by atoms with Crippen molar-refractivity contribution in [3.05, 3.63) is 59.2 Å². The molecule has 1 N–H and O–H groups in total. The van der Waals surface area contributed by atoms with Crippen molar-refractivity contribution in [1.82, 2.24) is 10.2 Å². The molecule has 2 aromatic carbocycles. The van der Waals surface area contributed by atoms with Crippen molar-refractivity contribution in [2.24, 2.45) is 0 Å². The fourth-order valence-corrected chi connectivity index (χ4v) is 4.83. The number of hydrogen-bond donors (Lipinski definition) is 1.